The molecule has 5 N–H and O–H groups in total. The lowest BCUT2D eigenvalue weighted by Gasteiger charge is -2.57. The van der Waals surface area contributed by atoms with Crippen LogP contribution in [0.2, 0.25) is 42.3 Å². The van der Waals surface area contributed by atoms with Crippen LogP contribution in [0.15, 0.2) is 0 Å². The molecule has 3 rings (SSSR count). The second-order valence-corrected chi connectivity index (χ2v) is 45.2. The van der Waals surface area contributed by atoms with Crippen LogP contribution in [0.1, 0.15) is 244 Å². The van der Waals surface area contributed by atoms with Crippen molar-refractivity contribution < 1.29 is 51.4 Å². The van der Waals surface area contributed by atoms with Gasteiger partial charge in [-0.05, 0) is 87.0 Å². The predicted octanol–water partition coefficient (Wildman–Crippen LogP) is 14.4. The van der Waals surface area contributed by atoms with Gasteiger partial charge < -0.3 is 57.2 Å². The van der Waals surface area contributed by atoms with Crippen LogP contribution in [0, 0.1) is 35.5 Å². The van der Waals surface area contributed by atoms with Gasteiger partial charge in [0, 0.05) is 42.3 Å². The first-order chi connectivity index (χ1) is 33.4. The molecule has 71 heavy (non-hydrogen) atoms. The first-order valence-electron chi connectivity index (χ1n) is 29.6. The van der Waals surface area contributed by atoms with E-state index in [-0.39, 0.29) is 24.2 Å². The zero-order valence-electron chi connectivity index (χ0n) is 47.9. The quantitative estimate of drug-likeness (QED) is 0.0339. The van der Waals surface area contributed by atoms with Crippen molar-refractivity contribution in [3.63, 3.8) is 0 Å². The van der Waals surface area contributed by atoms with E-state index in [0.29, 0.717) is 98.7 Å². The maximum absolute atomic E-state index is 13.5. The van der Waals surface area contributed by atoms with E-state index in [1.807, 2.05) is 0 Å². The number of hydrogen-bond donors (Lipinski definition) is 4. The Labute approximate surface area is 444 Å². The molecule has 3 unspecified atom stereocenters. The molecule has 3 aliphatic rings. The minimum atomic E-state index is -4.39. The number of nitrogens with two attached hydrogens (primary N) is 1. The van der Waals surface area contributed by atoms with E-state index in [4.69, 9.17) is 42.8 Å². The van der Waals surface area contributed by atoms with Gasteiger partial charge in [0.1, 0.15) is 0 Å². The summed E-state index contributed by atoms with van der Waals surface area (Å²) in [5.74, 6) is 3.42. The monoisotopic (exact) mass is 1130 g/mol. The highest BCUT2D eigenvalue weighted by molar-refractivity contribution is 6.98. The van der Waals surface area contributed by atoms with Gasteiger partial charge in [-0.25, -0.2) is 0 Å². The van der Waals surface area contributed by atoms with E-state index < -0.39 is 61.6 Å². The number of fused-ring (bicyclic) bond motifs is 3. The van der Waals surface area contributed by atoms with Crippen LogP contribution in [0.4, 0.5) is 0 Å². The lowest BCUT2D eigenvalue weighted by molar-refractivity contribution is 0.00698. The van der Waals surface area contributed by atoms with Crippen molar-refractivity contribution in [3.8, 4) is 0 Å². The highest BCUT2D eigenvalue weighted by Crippen LogP contribution is 2.49. The van der Waals surface area contributed by atoms with Crippen LogP contribution >= 0.6 is 0 Å². The van der Waals surface area contributed by atoms with Crippen molar-refractivity contribution in [1.29, 1.82) is 0 Å². The summed E-state index contributed by atoms with van der Waals surface area (Å²) >= 11 is 0. The molecule has 0 saturated carbocycles. The van der Waals surface area contributed by atoms with Crippen molar-refractivity contribution in [3.05, 3.63) is 0 Å². The van der Waals surface area contributed by atoms with Gasteiger partial charge in [-0.1, -0.05) is 199 Å². The van der Waals surface area contributed by atoms with Gasteiger partial charge in [-0.3, -0.25) is 0 Å². The van der Waals surface area contributed by atoms with Crippen LogP contribution < -0.4 is 5.73 Å². The molecule has 3 saturated heterocycles. The maximum Gasteiger partial charge on any atom is 0.483 e. The lowest BCUT2D eigenvalue weighted by Crippen LogP contribution is -2.82. The first kappa shape index (κ1) is 66.3. The van der Waals surface area contributed by atoms with E-state index in [1.165, 1.54) is 0 Å². The Bertz CT molecular complexity index is 1360. The van der Waals surface area contributed by atoms with Crippen molar-refractivity contribution in [2.45, 2.75) is 286 Å². The third kappa shape index (κ3) is 26.0. The van der Waals surface area contributed by atoms with Crippen LogP contribution in [-0.2, 0) is 37.0 Å². The van der Waals surface area contributed by atoms with Crippen LogP contribution in [0.5, 0.6) is 0 Å². The fourth-order valence-electron chi connectivity index (χ4n) is 10.2. The summed E-state index contributed by atoms with van der Waals surface area (Å²) in [6, 6.07) is 2.08. The Balaban J connectivity index is 2.39. The molecule has 0 aromatic heterocycles. The lowest BCUT2D eigenvalue weighted by atomic mass is 10.1. The second kappa shape index (κ2) is 32.8. The second-order valence-electron chi connectivity index (χ2n) is 24.6. The average Bonchev–Trinajstić information content (AvgIpc) is 3.22. The Morgan fingerprint density at radius 1 is 0.254 bits per heavy atom. The fraction of sp³-hybridized carbons (Fsp3) is 1.00. The summed E-state index contributed by atoms with van der Waals surface area (Å²) in [6.07, 6.45) is 22.7. The summed E-state index contributed by atoms with van der Waals surface area (Å²) in [4.78, 5) is 40.4. The molecule has 4 bridgehead atoms. The number of hydrogen-bond acceptors (Lipinski definition) is 13. The zero-order valence-corrected chi connectivity index (χ0v) is 54.9. The minimum absolute atomic E-state index is 0.232. The van der Waals surface area contributed by atoms with Crippen LogP contribution in [0.25, 0.3) is 0 Å². The SMILES string of the molecule is CC(C)CCCCC[Si]1(O)O[Si]2(CCCN)O[Si](O)(CCCCCC(C)C)O[Si@]3(CCCCCC(C)C)O[Si@](O)(CCCCCC(C)C)O[Si@](CCCCCC(C)C)(O1)O[Si@](CCCCCC(C)C)(O2)O3. The van der Waals surface area contributed by atoms with Crippen molar-refractivity contribution >= 4 is 61.6 Å². The Kier molecular flexibility index (Phi) is 30.6. The molecular formula is C51H113NO12Si7. The average molecular weight is 1130 g/mol. The number of rotatable bonds is 39. The minimum Gasteiger partial charge on any atom is -0.391 e. The van der Waals surface area contributed by atoms with Gasteiger partial charge >= 0.3 is 61.6 Å². The zero-order chi connectivity index (χ0) is 52.7. The van der Waals surface area contributed by atoms with Crippen molar-refractivity contribution in [1.82, 2.24) is 0 Å². The molecule has 3 heterocycles. The highest BCUT2D eigenvalue weighted by Gasteiger charge is 2.76. The van der Waals surface area contributed by atoms with E-state index >= 15 is 0 Å². The molecule has 422 valence electrons. The Morgan fingerprint density at radius 2 is 0.437 bits per heavy atom. The molecule has 13 nitrogen and oxygen atoms in total. The standard InChI is InChI=1S/C51H113NO12Si7/c1-46(2)32-19-13-25-39-65(53)56-68(42-28-16-22-35-49(7)8)58-66(54,40-26-14-20-33-47(3)4)60-70(45-31-38-52)61-67(55,41-27-15-21-34-48(5)6)59-69(57-65,43-29-17-23-36-50(9)10)63-71(62-68,64-70)44-30-18-24-37-51(11)12/h46-51,53-55H,13-45,52H2,1-12H3/t65-,66?,67?,68+,69-,70?,71-. The molecule has 0 aromatic rings. The summed E-state index contributed by atoms with van der Waals surface area (Å²) in [7, 11) is -30.0. The molecular weight excluding hydrogens is 1020 g/mol. The van der Waals surface area contributed by atoms with Crippen LogP contribution in [0.3, 0.4) is 0 Å². The van der Waals surface area contributed by atoms with Gasteiger partial charge in [0.25, 0.3) is 0 Å². The van der Waals surface area contributed by atoms with E-state index in [1.54, 1.807) is 0 Å². The molecule has 3 aliphatic heterocycles. The smallest absolute Gasteiger partial charge is 0.391 e. The summed E-state index contributed by atoms with van der Waals surface area (Å²) in [6.45, 7) is 27.3. The highest BCUT2D eigenvalue weighted by atomic mass is 28.6. The molecule has 0 radical (unpaired) electrons. The molecule has 3 fully saturated rings. The third-order valence-electron chi connectivity index (χ3n) is 14.1. The molecule has 0 spiro atoms. The van der Waals surface area contributed by atoms with Crippen LogP contribution in [-0.4, -0.2) is 82.6 Å². The van der Waals surface area contributed by atoms with Gasteiger partial charge in [0.2, 0.25) is 0 Å². The molecule has 0 aromatic carbocycles. The Hall–Kier alpha value is 0.998. The van der Waals surface area contributed by atoms with E-state index in [2.05, 4.69) is 83.1 Å². The van der Waals surface area contributed by atoms with Crippen molar-refractivity contribution in [2.75, 3.05) is 6.54 Å². The van der Waals surface area contributed by atoms with E-state index in [0.717, 1.165) is 122 Å². The first-order valence-corrected chi connectivity index (χ1v) is 43.2. The molecule has 7 atom stereocenters. The van der Waals surface area contributed by atoms with Gasteiger partial charge in [0.05, 0.1) is 0 Å². The predicted molar refractivity (Wildman–Crippen MR) is 304 cm³/mol. The van der Waals surface area contributed by atoms with Crippen molar-refractivity contribution in [2.24, 2.45) is 41.2 Å². The molecule has 0 aliphatic carbocycles. The third-order valence-corrected chi connectivity index (χ3v) is 43.5. The topological polar surface area (TPSA) is 170 Å². The van der Waals surface area contributed by atoms with Gasteiger partial charge in [-0.2, -0.15) is 0 Å². The van der Waals surface area contributed by atoms with E-state index in [9.17, 15) is 14.4 Å². The van der Waals surface area contributed by atoms with Gasteiger partial charge in [0.15, 0.2) is 0 Å². The Morgan fingerprint density at radius 3 is 0.634 bits per heavy atom. The molecule has 20 heteroatoms. The maximum atomic E-state index is 13.5. The number of unbranched alkanes of at least 4 members (excludes halogenated alkanes) is 12. The molecule has 0 amide bonds. The van der Waals surface area contributed by atoms with Gasteiger partial charge in [-0.15, -0.1) is 0 Å². The summed E-state index contributed by atoms with van der Waals surface area (Å²) < 4.78 is 67.7. The normalized spacial score (nSPS) is 30.5. The largest absolute Gasteiger partial charge is 0.483 e. The summed E-state index contributed by atoms with van der Waals surface area (Å²) in [5, 5.41) is 0. The fourth-order valence-corrected chi connectivity index (χ4v) is 47.8. The summed E-state index contributed by atoms with van der Waals surface area (Å²) in [5.41, 5.74) is 6.34.